The topological polar surface area (TPSA) is 29.3 Å². The average Bonchev–Trinajstić information content (AvgIpc) is 2.47. The Morgan fingerprint density at radius 2 is 2.00 bits per heavy atom. The van der Waals surface area contributed by atoms with Gasteiger partial charge in [-0.15, -0.1) is 11.8 Å². The van der Waals surface area contributed by atoms with Gasteiger partial charge in [0.2, 0.25) is 0 Å². The summed E-state index contributed by atoms with van der Waals surface area (Å²) in [4.78, 5) is 4.00. The quantitative estimate of drug-likeness (QED) is 0.613. The van der Waals surface area contributed by atoms with Crippen LogP contribution in [0.25, 0.3) is 0 Å². The van der Waals surface area contributed by atoms with Crippen LogP contribution < -0.4 is 5.73 Å². The largest absolute Gasteiger partial charge is 0.330 e. The van der Waals surface area contributed by atoms with Gasteiger partial charge in [-0.1, -0.05) is 18.6 Å². The lowest BCUT2D eigenvalue weighted by Crippen LogP contribution is -2.31. The van der Waals surface area contributed by atoms with Crippen molar-refractivity contribution in [2.24, 2.45) is 5.73 Å². The number of rotatable bonds is 7. The highest BCUT2D eigenvalue weighted by Crippen LogP contribution is 2.20. The van der Waals surface area contributed by atoms with Gasteiger partial charge in [0.15, 0.2) is 0 Å². The van der Waals surface area contributed by atoms with Crippen LogP contribution in [0.5, 0.6) is 0 Å². The predicted octanol–water partition coefficient (Wildman–Crippen LogP) is 3.16. The molecule has 106 valence electrons. The van der Waals surface area contributed by atoms with E-state index < -0.39 is 0 Å². The maximum Gasteiger partial charge on any atom is 0.00746 e. The van der Waals surface area contributed by atoms with Gasteiger partial charge in [-0.05, 0) is 68.8 Å². The van der Waals surface area contributed by atoms with Crippen molar-refractivity contribution in [1.29, 1.82) is 0 Å². The average molecular weight is 278 g/mol. The molecule has 1 aliphatic rings. The number of nitrogens with zero attached hydrogens (tertiary/aromatic N) is 1. The number of hydrogen-bond donors (Lipinski definition) is 1. The van der Waals surface area contributed by atoms with Crippen molar-refractivity contribution >= 4 is 11.8 Å². The van der Waals surface area contributed by atoms with Crippen LogP contribution in [0, 0.1) is 0 Å². The zero-order valence-corrected chi connectivity index (χ0v) is 12.6. The second-order valence-corrected chi connectivity index (χ2v) is 6.46. The monoisotopic (exact) mass is 278 g/mol. The number of benzene rings is 1. The summed E-state index contributed by atoms with van der Waals surface area (Å²) < 4.78 is 0. The van der Waals surface area contributed by atoms with Gasteiger partial charge in [-0.25, -0.2) is 0 Å². The summed E-state index contributed by atoms with van der Waals surface area (Å²) in [6.07, 6.45) is 6.47. The number of thioether (sulfide) groups is 1. The van der Waals surface area contributed by atoms with Gasteiger partial charge in [0.05, 0.1) is 0 Å². The summed E-state index contributed by atoms with van der Waals surface area (Å²) in [6, 6.07) is 9.02. The lowest BCUT2D eigenvalue weighted by molar-refractivity contribution is 0.231. The van der Waals surface area contributed by atoms with Crippen molar-refractivity contribution in [3.63, 3.8) is 0 Å². The molecule has 0 radical (unpaired) electrons. The molecule has 0 atom stereocenters. The van der Waals surface area contributed by atoms with Crippen molar-refractivity contribution in [2.75, 3.05) is 31.9 Å². The maximum absolute atomic E-state index is 5.53. The minimum absolute atomic E-state index is 0.793. The Balaban J connectivity index is 1.77. The zero-order valence-electron chi connectivity index (χ0n) is 11.8. The second-order valence-electron chi connectivity index (χ2n) is 5.29. The molecule has 0 aromatic heterocycles. The summed E-state index contributed by atoms with van der Waals surface area (Å²) >= 11 is 1.93. The highest BCUT2D eigenvalue weighted by atomic mass is 32.2. The lowest BCUT2D eigenvalue weighted by Gasteiger charge is -2.26. The first-order chi connectivity index (χ1) is 9.38. The Labute approximate surface area is 121 Å². The lowest BCUT2D eigenvalue weighted by atomic mass is 10.1. The van der Waals surface area contributed by atoms with E-state index >= 15 is 0 Å². The molecule has 0 spiro atoms. The van der Waals surface area contributed by atoms with E-state index in [4.69, 9.17) is 5.73 Å². The normalized spacial score (nSPS) is 16.7. The highest BCUT2D eigenvalue weighted by Gasteiger charge is 2.09. The molecular formula is C16H26N2S. The molecule has 0 unspecified atom stereocenters. The van der Waals surface area contributed by atoms with Crippen LogP contribution in [-0.4, -0.2) is 36.8 Å². The molecule has 2 N–H and O–H groups in total. The Morgan fingerprint density at radius 1 is 1.16 bits per heavy atom. The molecule has 1 aliphatic heterocycles. The van der Waals surface area contributed by atoms with Gasteiger partial charge >= 0.3 is 0 Å². The molecule has 2 rings (SSSR count). The molecule has 0 aliphatic carbocycles. The van der Waals surface area contributed by atoms with E-state index in [0.29, 0.717) is 0 Å². The van der Waals surface area contributed by atoms with E-state index in [1.807, 2.05) is 11.8 Å². The molecule has 0 bridgehead atoms. The van der Waals surface area contributed by atoms with E-state index in [1.165, 1.54) is 55.8 Å². The highest BCUT2D eigenvalue weighted by molar-refractivity contribution is 7.99. The van der Waals surface area contributed by atoms with Crippen molar-refractivity contribution in [3.8, 4) is 0 Å². The minimum atomic E-state index is 0.793. The Kier molecular flexibility index (Phi) is 6.75. The van der Waals surface area contributed by atoms with Gasteiger partial charge in [0.25, 0.3) is 0 Å². The molecule has 1 aromatic rings. The molecule has 0 amide bonds. The van der Waals surface area contributed by atoms with Gasteiger partial charge in [-0.3, -0.25) is 0 Å². The second kappa shape index (κ2) is 8.62. The number of piperidine rings is 1. The van der Waals surface area contributed by atoms with Crippen molar-refractivity contribution in [2.45, 2.75) is 37.0 Å². The van der Waals surface area contributed by atoms with Crippen LogP contribution in [0.1, 0.15) is 31.2 Å². The van der Waals surface area contributed by atoms with E-state index in [9.17, 15) is 0 Å². The molecule has 1 heterocycles. The molecule has 19 heavy (non-hydrogen) atoms. The molecule has 1 saturated heterocycles. The first-order valence-electron chi connectivity index (χ1n) is 7.52. The Hall–Kier alpha value is -0.510. The molecular weight excluding hydrogens is 252 g/mol. The standard InChI is InChI=1S/C16H26N2S/c17-9-5-13-19-16-7-4-6-15(14-16)8-12-18-10-2-1-3-11-18/h4,6-7,14H,1-3,5,8-13,17H2. The fourth-order valence-corrected chi connectivity index (χ4v) is 3.49. The summed E-state index contributed by atoms with van der Waals surface area (Å²) in [5.41, 5.74) is 7.01. The van der Waals surface area contributed by atoms with Gasteiger partial charge < -0.3 is 10.6 Å². The van der Waals surface area contributed by atoms with Crippen molar-refractivity contribution in [3.05, 3.63) is 29.8 Å². The maximum atomic E-state index is 5.53. The summed E-state index contributed by atoms with van der Waals surface area (Å²) in [7, 11) is 0. The van der Waals surface area contributed by atoms with Crippen LogP contribution in [0.3, 0.4) is 0 Å². The first kappa shape index (κ1) is 14.9. The SMILES string of the molecule is NCCCSc1cccc(CCN2CCCCC2)c1. The van der Waals surface area contributed by atoms with Crippen LogP contribution in [0.4, 0.5) is 0 Å². The smallest absolute Gasteiger partial charge is 0.00746 e. The zero-order chi connectivity index (χ0) is 13.3. The number of nitrogens with two attached hydrogens (primary N) is 1. The third-order valence-electron chi connectivity index (χ3n) is 3.68. The van der Waals surface area contributed by atoms with Crippen LogP contribution in [-0.2, 0) is 6.42 Å². The van der Waals surface area contributed by atoms with E-state index in [2.05, 4.69) is 29.2 Å². The Morgan fingerprint density at radius 3 is 2.79 bits per heavy atom. The van der Waals surface area contributed by atoms with Crippen molar-refractivity contribution < 1.29 is 0 Å². The fraction of sp³-hybridized carbons (Fsp3) is 0.625. The third kappa shape index (κ3) is 5.55. The number of likely N-dealkylation sites (tertiary alicyclic amines) is 1. The number of hydrogen-bond acceptors (Lipinski definition) is 3. The molecule has 1 aromatic carbocycles. The van der Waals surface area contributed by atoms with E-state index in [-0.39, 0.29) is 0 Å². The Bertz CT molecular complexity index is 362. The molecule has 0 saturated carbocycles. The first-order valence-corrected chi connectivity index (χ1v) is 8.51. The summed E-state index contributed by atoms with van der Waals surface area (Å²) in [6.45, 7) is 4.61. The molecule has 3 heteroatoms. The third-order valence-corrected chi connectivity index (χ3v) is 4.76. The summed E-state index contributed by atoms with van der Waals surface area (Å²) in [5, 5.41) is 0. The van der Waals surface area contributed by atoms with E-state index in [1.54, 1.807) is 0 Å². The minimum Gasteiger partial charge on any atom is -0.330 e. The molecule has 2 nitrogen and oxygen atoms in total. The fourth-order valence-electron chi connectivity index (χ4n) is 2.53. The molecule has 1 fully saturated rings. The predicted molar refractivity (Wildman–Crippen MR) is 84.8 cm³/mol. The van der Waals surface area contributed by atoms with Crippen molar-refractivity contribution in [1.82, 2.24) is 4.90 Å². The van der Waals surface area contributed by atoms with E-state index in [0.717, 1.165) is 18.7 Å². The van der Waals surface area contributed by atoms with Crippen LogP contribution in [0.15, 0.2) is 29.2 Å². The summed E-state index contributed by atoms with van der Waals surface area (Å²) in [5.74, 6) is 1.13. The van der Waals surface area contributed by atoms with Crippen LogP contribution >= 0.6 is 11.8 Å². The van der Waals surface area contributed by atoms with Gasteiger partial charge in [-0.2, -0.15) is 0 Å². The van der Waals surface area contributed by atoms with Gasteiger partial charge in [0.1, 0.15) is 0 Å². The van der Waals surface area contributed by atoms with Crippen LogP contribution in [0.2, 0.25) is 0 Å². The van der Waals surface area contributed by atoms with Gasteiger partial charge in [0, 0.05) is 11.4 Å².